The Morgan fingerprint density at radius 2 is 2.15 bits per heavy atom. The standard InChI is InChI=1S/C15H20N2O3/c1-3-6-16-10-15(18)17-11(2)12-4-5-13-14(9-12)20-8-7-19-13/h3-5,9,11,16H,1,6-8,10H2,2H3,(H,17,18). The van der Waals surface area contributed by atoms with Gasteiger partial charge in [-0.1, -0.05) is 12.1 Å². The number of hydrogen-bond acceptors (Lipinski definition) is 4. The van der Waals surface area contributed by atoms with Crippen LogP contribution in [0.15, 0.2) is 30.9 Å². The minimum atomic E-state index is -0.0798. The number of benzene rings is 1. The Balaban J connectivity index is 1.93. The van der Waals surface area contributed by atoms with Gasteiger partial charge in [0, 0.05) is 6.54 Å². The molecule has 0 aromatic heterocycles. The minimum absolute atomic E-state index is 0.0470. The van der Waals surface area contributed by atoms with E-state index in [1.54, 1.807) is 6.08 Å². The van der Waals surface area contributed by atoms with E-state index >= 15 is 0 Å². The number of carbonyl (C=O) groups excluding carboxylic acids is 1. The van der Waals surface area contributed by atoms with Crippen LogP contribution in [-0.4, -0.2) is 32.2 Å². The van der Waals surface area contributed by atoms with Crippen LogP contribution < -0.4 is 20.1 Å². The molecule has 0 saturated carbocycles. The first-order chi connectivity index (χ1) is 9.70. The Labute approximate surface area is 119 Å². The van der Waals surface area contributed by atoms with Crippen LogP contribution >= 0.6 is 0 Å². The van der Waals surface area contributed by atoms with Crippen LogP contribution in [0.2, 0.25) is 0 Å². The Morgan fingerprint density at radius 3 is 2.90 bits per heavy atom. The maximum atomic E-state index is 11.7. The Kier molecular flexibility index (Phi) is 5.01. The van der Waals surface area contributed by atoms with Gasteiger partial charge in [-0.2, -0.15) is 0 Å². The second-order valence-corrected chi connectivity index (χ2v) is 4.61. The average Bonchev–Trinajstić information content (AvgIpc) is 2.47. The SMILES string of the molecule is C=CCNCC(=O)NC(C)c1ccc2c(c1)OCCO2. The van der Waals surface area contributed by atoms with Gasteiger partial charge in [0.1, 0.15) is 13.2 Å². The molecule has 1 unspecified atom stereocenters. The summed E-state index contributed by atoms with van der Waals surface area (Å²) in [5.41, 5.74) is 0.992. The fourth-order valence-corrected chi connectivity index (χ4v) is 1.99. The smallest absolute Gasteiger partial charge is 0.234 e. The van der Waals surface area contributed by atoms with Crippen molar-refractivity contribution >= 4 is 5.91 Å². The van der Waals surface area contributed by atoms with Crippen LogP contribution in [0.1, 0.15) is 18.5 Å². The molecule has 108 valence electrons. The molecule has 2 rings (SSSR count). The minimum Gasteiger partial charge on any atom is -0.486 e. The molecule has 2 N–H and O–H groups in total. The molecule has 0 aliphatic carbocycles. The summed E-state index contributed by atoms with van der Waals surface area (Å²) in [6, 6.07) is 5.65. The molecule has 1 amide bonds. The van der Waals surface area contributed by atoms with Gasteiger partial charge in [0.15, 0.2) is 11.5 Å². The number of nitrogens with one attached hydrogen (secondary N) is 2. The van der Waals surface area contributed by atoms with Crippen LogP contribution in [-0.2, 0) is 4.79 Å². The zero-order valence-corrected chi connectivity index (χ0v) is 11.6. The number of carbonyl (C=O) groups is 1. The highest BCUT2D eigenvalue weighted by atomic mass is 16.6. The van der Waals surface area contributed by atoms with Gasteiger partial charge >= 0.3 is 0 Å². The fraction of sp³-hybridized carbons (Fsp3) is 0.400. The van der Waals surface area contributed by atoms with Crippen molar-refractivity contribution in [3.05, 3.63) is 36.4 Å². The molecule has 0 saturated heterocycles. The van der Waals surface area contributed by atoms with Crippen LogP contribution in [0.5, 0.6) is 11.5 Å². The summed E-state index contributed by atoms with van der Waals surface area (Å²) in [5, 5.41) is 5.90. The van der Waals surface area contributed by atoms with Crippen molar-refractivity contribution in [2.24, 2.45) is 0 Å². The highest BCUT2D eigenvalue weighted by molar-refractivity contribution is 5.78. The van der Waals surface area contributed by atoms with Crippen molar-refractivity contribution in [2.45, 2.75) is 13.0 Å². The highest BCUT2D eigenvalue weighted by Crippen LogP contribution is 2.32. The lowest BCUT2D eigenvalue weighted by molar-refractivity contribution is -0.120. The Bertz CT molecular complexity index is 488. The summed E-state index contributed by atoms with van der Waals surface area (Å²) in [6.07, 6.45) is 1.72. The van der Waals surface area contributed by atoms with Crippen molar-refractivity contribution in [1.82, 2.24) is 10.6 Å². The van der Waals surface area contributed by atoms with E-state index in [4.69, 9.17) is 9.47 Å². The average molecular weight is 276 g/mol. The Hall–Kier alpha value is -2.01. The van der Waals surface area contributed by atoms with Crippen molar-refractivity contribution in [3.8, 4) is 11.5 Å². The number of ether oxygens (including phenoxy) is 2. The third-order valence-electron chi connectivity index (χ3n) is 3.02. The molecule has 1 aromatic carbocycles. The third-order valence-corrected chi connectivity index (χ3v) is 3.02. The number of rotatable bonds is 6. The van der Waals surface area contributed by atoms with Gasteiger partial charge in [-0.15, -0.1) is 6.58 Å². The van der Waals surface area contributed by atoms with E-state index in [2.05, 4.69) is 17.2 Å². The molecule has 1 aliphatic rings. The van der Waals surface area contributed by atoms with Gasteiger partial charge in [-0.25, -0.2) is 0 Å². The summed E-state index contributed by atoms with van der Waals surface area (Å²) < 4.78 is 11.0. The first-order valence-corrected chi connectivity index (χ1v) is 6.71. The van der Waals surface area contributed by atoms with Crippen LogP contribution in [0.3, 0.4) is 0 Å². The number of hydrogen-bond donors (Lipinski definition) is 2. The molecule has 5 heteroatoms. The molecule has 1 aromatic rings. The largest absolute Gasteiger partial charge is 0.486 e. The molecule has 1 atom stereocenters. The van der Waals surface area contributed by atoms with Crippen LogP contribution in [0, 0.1) is 0 Å². The number of fused-ring (bicyclic) bond motifs is 1. The zero-order valence-electron chi connectivity index (χ0n) is 11.6. The first-order valence-electron chi connectivity index (χ1n) is 6.71. The maximum Gasteiger partial charge on any atom is 0.234 e. The van der Waals surface area contributed by atoms with E-state index in [-0.39, 0.29) is 18.5 Å². The number of amides is 1. The molecule has 20 heavy (non-hydrogen) atoms. The van der Waals surface area contributed by atoms with E-state index in [0.717, 1.165) is 17.1 Å². The molecule has 0 fully saturated rings. The van der Waals surface area contributed by atoms with E-state index in [9.17, 15) is 4.79 Å². The molecule has 1 aliphatic heterocycles. The predicted molar refractivity (Wildman–Crippen MR) is 77.1 cm³/mol. The first kappa shape index (κ1) is 14.4. The van der Waals surface area contributed by atoms with E-state index in [1.165, 1.54) is 0 Å². The maximum absolute atomic E-state index is 11.7. The van der Waals surface area contributed by atoms with Crippen molar-refractivity contribution in [3.63, 3.8) is 0 Å². The molecule has 5 nitrogen and oxygen atoms in total. The quantitative estimate of drug-likeness (QED) is 0.609. The topological polar surface area (TPSA) is 59.6 Å². The summed E-state index contributed by atoms with van der Waals surface area (Å²) >= 11 is 0. The van der Waals surface area contributed by atoms with Crippen molar-refractivity contribution in [2.75, 3.05) is 26.3 Å². The monoisotopic (exact) mass is 276 g/mol. The van der Waals surface area contributed by atoms with E-state index < -0.39 is 0 Å². The summed E-state index contributed by atoms with van der Waals surface area (Å²) in [6.45, 7) is 7.56. The third kappa shape index (κ3) is 3.74. The lowest BCUT2D eigenvalue weighted by Gasteiger charge is -2.21. The Morgan fingerprint density at radius 1 is 1.40 bits per heavy atom. The summed E-state index contributed by atoms with van der Waals surface area (Å²) in [7, 11) is 0. The summed E-state index contributed by atoms with van der Waals surface area (Å²) in [5.74, 6) is 1.44. The van der Waals surface area contributed by atoms with Gasteiger partial charge in [0.25, 0.3) is 0 Å². The molecule has 0 bridgehead atoms. The summed E-state index contributed by atoms with van der Waals surface area (Å²) in [4.78, 5) is 11.7. The van der Waals surface area contributed by atoms with E-state index in [1.807, 2.05) is 25.1 Å². The molecular weight excluding hydrogens is 256 g/mol. The van der Waals surface area contributed by atoms with E-state index in [0.29, 0.717) is 19.8 Å². The second kappa shape index (κ2) is 6.96. The van der Waals surface area contributed by atoms with Crippen LogP contribution in [0.25, 0.3) is 0 Å². The molecular formula is C15H20N2O3. The predicted octanol–water partition coefficient (Wildman–Crippen LogP) is 1.41. The highest BCUT2D eigenvalue weighted by Gasteiger charge is 2.15. The normalized spacial score (nSPS) is 14.4. The van der Waals surface area contributed by atoms with Crippen molar-refractivity contribution < 1.29 is 14.3 Å². The second-order valence-electron chi connectivity index (χ2n) is 4.61. The fourth-order valence-electron chi connectivity index (χ4n) is 1.99. The lowest BCUT2D eigenvalue weighted by atomic mass is 10.1. The molecule has 1 heterocycles. The van der Waals surface area contributed by atoms with Gasteiger partial charge < -0.3 is 20.1 Å². The lowest BCUT2D eigenvalue weighted by Crippen LogP contribution is -2.35. The van der Waals surface area contributed by atoms with Gasteiger partial charge in [0.2, 0.25) is 5.91 Å². The van der Waals surface area contributed by atoms with Crippen LogP contribution in [0.4, 0.5) is 0 Å². The van der Waals surface area contributed by atoms with Crippen molar-refractivity contribution in [1.29, 1.82) is 0 Å². The zero-order chi connectivity index (χ0) is 14.4. The molecule has 0 radical (unpaired) electrons. The van der Waals surface area contributed by atoms with Gasteiger partial charge in [-0.3, -0.25) is 4.79 Å². The van der Waals surface area contributed by atoms with Gasteiger partial charge in [0.05, 0.1) is 12.6 Å². The molecule has 0 spiro atoms. The van der Waals surface area contributed by atoms with Gasteiger partial charge in [-0.05, 0) is 24.6 Å².